The first-order chi connectivity index (χ1) is 12.0. The molecule has 0 radical (unpaired) electrons. The number of hydrogen-bond donors (Lipinski definition) is 0. The van der Waals surface area contributed by atoms with Crippen LogP contribution < -0.4 is 16.0 Å². The van der Waals surface area contributed by atoms with E-state index in [4.69, 9.17) is 10.00 Å². The molecular formula is C19H21N3O3. The topological polar surface area (TPSA) is 77.0 Å². The summed E-state index contributed by atoms with van der Waals surface area (Å²) in [5.41, 5.74) is 1.33. The van der Waals surface area contributed by atoms with Gasteiger partial charge in [0.05, 0.1) is 6.61 Å². The average molecular weight is 339 g/mol. The second kappa shape index (κ2) is 6.98. The molecule has 0 atom stereocenters. The van der Waals surface area contributed by atoms with Gasteiger partial charge in [0.1, 0.15) is 17.4 Å². The molecule has 1 aromatic carbocycles. The van der Waals surface area contributed by atoms with Crippen LogP contribution in [0.3, 0.4) is 0 Å². The number of nitrogens with zero attached hydrogens (tertiary/aromatic N) is 3. The van der Waals surface area contributed by atoms with E-state index in [1.54, 1.807) is 0 Å². The highest BCUT2D eigenvalue weighted by atomic mass is 16.5. The van der Waals surface area contributed by atoms with Gasteiger partial charge in [0.2, 0.25) is 0 Å². The molecule has 1 saturated carbocycles. The number of benzene rings is 1. The molecule has 1 heterocycles. The highest BCUT2D eigenvalue weighted by Gasteiger charge is 2.26. The molecule has 0 bridgehead atoms. The summed E-state index contributed by atoms with van der Waals surface area (Å²) in [6.45, 7) is 4.62. The maximum Gasteiger partial charge on any atom is 0.331 e. The third-order valence-corrected chi connectivity index (χ3v) is 4.38. The van der Waals surface area contributed by atoms with Gasteiger partial charge in [-0.25, -0.2) is 4.79 Å². The van der Waals surface area contributed by atoms with E-state index in [0.717, 1.165) is 34.3 Å². The van der Waals surface area contributed by atoms with E-state index in [1.165, 1.54) is 10.8 Å². The smallest absolute Gasteiger partial charge is 0.331 e. The molecule has 1 aliphatic carbocycles. The Morgan fingerprint density at radius 2 is 2.04 bits per heavy atom. The molecular weight excluding hydrogens is 318 g/mol. The average Bonchev–Trinajstić information content (AvgIpc) is 3.42. The summed E-state index contributed by atoms with van der Waals surface area (Å²) in [4.78, 5) is 24.7. The van der Waals surface area contributed by atoms with E-state index in [1.807, 2.05) is 38.1 Å². The van der Waals surface area contributed by atoms with Crippen LogP contribution >= 0.6 is 0 Å². The highest BCUT2D eigenvalue weighted by Crippen LogP contribution is 2.33. The molecule has 0 saturated heterocycles. The van der Waals surface area contributed by atoms with Gasteiger partial charge >= 0.3 is 5.69 Å². The Labute approximate surface area is 145 Å². The first-order valence-corrected chi connectivity index (χ1v) is 8.47. The van der Waals surface area contributed by atoms with Crippen molar-refractivity contribution in [3.63, 3.8) is 0 Å². The number of aryl methyl sites for hydroxylation is 2. The lowest BCUT2D eigenvalue weighted by Gasteiger charge is -2.12. The quantitative estimate of drug-likeness (QED) is 0.757. The zero-order valence-electron chi connectivity index (χ0n) is 14.5. The lowest BCUT2D eigenvalue weighted by Crippen LogP contribution is -2.41. The van der Waals surface area contributed by atoms with Crippen LogP contribution in [0.5, 0.6) is 5.75 Å². The first-order valence-electron chi connectivity index (χ1n) is 8.47. The summed E-state index contributed by atoms with van der Waals surface area (Å²) in [6, 6.07) is 8.01. The summed E-state index contributed by atoms with van der Waals surface area (Å²) >= 11 is 0. The zero-order valence-corrected chi connectivity index (χ0v) is 14.5. The van der Waals surface area contributed by atoms with Crippen molar-refractivity contribution in [3.8, 4) is 11.8 Å². The van der Waals surface area contributed by atoms with Gasteiger partial charge in [-0.3, -0.25) is 13.9 Å². The molecule has 1 aliphatic rings. The molecule has 2 aromatic rings. The molecule has 3 rings (SSSR count). The summed E-state index contributed by atoms with van der Waals surface area (Å²) in [5.74, 6) is 0.813. The number of nitriles is 1. The fourth-order valence-corrected chi connectivity index (χ4v) is 2.78. The number of hydrogen-bond acceptors (Lipinski definition) is 4. The molecule has 6 nitrogen and oxygen atoms in total. The van der Waals surface area contributed by atoms with E-state index in [-0.39, 0.29) is 23.8 Å². The van der Waals surface area contributed by atoms with Crippen molar-refractivity contribution in [3.05, 3.63) is 61.9 Å². The molecule has 0 spiro atoms. The largest absolute Gasteiger partial charge is 0.493 e. The van der Waals surface area contributed by atoms with Gasteiger partial charge in [-0.05, 0) is 50.3 Å². The summed E-state index contributed by atoms with van der Waals surface area (Å²) < 4.78 is 8.45. The van der Waals surface area contributed by atoms with Crippen LogP contribution in [0.25, 0.3) is 0 Å². The van der Waals surface area contributed by atoms with Crippen LogP contribution in [0.4, 0.5) is 0 Å². The minimum absolute atomic E-state index is 0.0157. The second-order valence-corrected chi connectivity index (χ2v) is 6.50. The van der Waals surface area contributed by atoms with Crippen molar-refractivity contribution in [2.24, 2.45) is 0 Å². The number of rotatable bonds is 6. The van der Waals surface area contributed by atoms with Crippen molar-refractivity contribution in [1.29, 1.82) is 5.26 Å². The molecule has 1 aromatic heterocycles. The summed E-state index contributed by atoms with van der Waals surface area (Å²) in [7, 11) is 0. The van der Waals surface area contributed by atoms with Crippen molar-refractivity contribution in [1.82, 2.24) is 9.13 Å². The minimum Gasteiger partial charge on any atom is -0.493 e. The maximum absolute atomic E-state index is 12.5. The standard InChI is InChI=1S/C19H21N3O3/c1-13-4-5-14(2)17(10-13)25-9-3-8-21-18(23)15(11-20)12-22(19(21)24)16-6-7-16/h4-5,10,12,16H,3,6-9H2,1-2H3. The van der Waals surface area contributed by atoms with Crippen molar-refractivity contribution in [2.45, 2.75) is 45.7 Å². The third-order valence-electron chi connectivity index (χ3n) is 4.38. The van der Waals surface area contributed by atoms with Crippen LogP contribution in [0.2, 0.25) is 0 Å². The lowest BCUT2D eigenvalue weighted by atomic mass is 10.1. The van der Waals surface area contributed by atoms with Crippen LogP contribution in [0, 0.1) is 25.2 Å². The van der Waals surface area contributed by atoms with Crippen LogP contribution in [-0.4, -0.2) is 15.7 Å². The van der Waals surface area contributed by atoms with E-state index in [9.17, 15) is 9.59 Å². The van der Waals surface area contributed by atoms with Crippen LogP contribution in [-0.2, 0) is 6.54 Å². The second-order valence-electron chi connectivity index (χ2n) is 6.50. The van der Waals surface area contributed by atoms with Gasteiger partial charge < -0.3 is 4.74 Å². The third kappa shape index (κ3) is 3.66. The van der Waals surface area contributed by atoms with Crippen molar-refractivity contribution in [2.75, 3.05) is 6.61 Å². The van der Waals surface area contributed by atoms with Gasteiger partial charge in [-0.2, -0.15) is 5.26 Å². The van der Waals surface area contributed by atoms with Gasteiger partial charge in [0.15, 0.2) is 0 Å². The number of aromatic nitrogens is 2. The van der Waals surface area contributed by atoms with Crippen LogP contribution in [0.15, 0.2) is 34.0 Å². The monoisotopic (exact) mass is 339 g/mol. The maximum atomic E-state index is 12.5. The summed E-state index contributed by atoms with van der Waals surface area (Å²) in [5, 5.41) is 9.13. The minimum atomic E-state index is -0.517. The van der Waals surface area contributed by atoms with Gasteiger partial charge in [0, 0.05) is 18.8 Å². The van der Waals surface area contributed by atoms with Gasteiger partial charge in [-0.15, -0.1) is 0 Å². The molecule has 0 aliphatic heterocycles. The Hall–Kier alpha value is -2.81. The Morgan fingerprint density at radius 3 is 2.72 bits per heavy atom. The van der Waals surface area contributed by atoms with Gasteiger partial charge in [0.25, 0.3) is 5.56 Å². The molecule has 130 valence electrons. The van der Waals surface area contributed by atoms with Crippen molar-refractivity contribution < 1.29 is 4.74 Å². The highest BCUT2D eigenvalue weighted by molar-refractivity contribution is 5.35. The molecule has 25 heavy (non-hydrogen) atoms. The molecule has 0 N–H and O–H groups in total. The van der Waals surface area contributed by atoms with E-state index in [2.05, 4.69) is 0 Å². The Bertz CT molecular complexity index is 946. The predicted octanol–water partition coefficient (Wildman–Crippen LogP) is 2.30. The van der Waals surface area contributed by atoms with Gasteiger partial charge in [-0.1, -0.05) is 12.1 Å². The lowest BCUT2D eigenvalue weighted by molar-refractivity contribution is 0.296. The molecule has 6 heteroatoms. The van der Waals surface area contributed by atoms with E-state index in [0.29, 0.717) is 13.0 Å². The normalized spacial score (nSPS) is 13.5. The Morgan fingerprint density at radius 1 is 1.28 bits per heavy atom. The zero-order chi connectivity index (χ0) is 18.0. The Balaban J connectivity index is 1.72. The Kier molecular flexibility index (Phi) is 4.75. The predicted molar refractivity (Wildman–Crippen MR) is 94.0 cm³/mol. The molecule has 0 unspecified atom stereocenters. The van der Waals surface area contributed by atoms with Crippen molar-refractivity contribution >= 4 is 0 Å². The van der Waals surface area contributed by atoms with E-state index >= 15 is 0 Å². The van der Waals surface area contributed by atoms with E-state index < -0.39 is 5.56 Å². The fraction of sp³-hybridized carbons (Fsp3) is 0.421. The van der Waals surface area contributed by atoms with Crippen LogP contribution in [0.1, 0.15) is 42.0 Å². The first kappa shape index (κ1) is 17.0. The fourth-order valence-electron chi connectivity index (χ4n) is 2.78. The molecule has 0 amide bonds. The molecule has 1 fully saturated rings. The summed E-state index contributed by atoms with van der Waals surface area (Å²) in [6.07, 6.45) is 3.74. The number of ether oxygens (including phenoxy) is 1. The SMILES string of the molecule is Cc1ccc(C)c(OCCCn2c(=O)c(C#N)cn(C3CC3)c2=O)c1.